The van der Waals surface area contributed by atoms with Crippen molar-refractivity contribution in [2.75, 3.05) is 37.4 Å². The summed E-state index contributed by atoms with van der Waals surface area (Å²) >= 11 is 5.85. The first kappa shape index (κ1) is 15.5. The van der Waals surface area contributed by atoms with Crippen molar-refractivity contribution in [3.05, 3.63) is 41.0 Å². The maximum atomic E-state index is 5.85. The van der Waals surface area contributed by atoms with E-state index in [2.05, 4.69) is 25.8 Å². The molecule has 1 heterocycles. The zero-order chi connectivity index (χ0) is 14.9. The van der Waals surface area contributed by atoms with Crippen molar-refractivity contribution in [2.45, 2.75) is 6.42 Å². The summed E-state index contributed by atoms with van der Waals surface area (Å²) in [6, 6.07) is 7.81. The summed E-state index contributed by atoms with van der Waals surface area (Å²) in [5, 5.41) is 14.8. The Bertz CT molecular complexity index is 549. The van der Waals surface area contributed by atoms with Crippen LogP contribution in [0.3, 0.4) is 0 Å². The van der Waals surface area contributed by atoms with Gasteiger partial charge in [-0.3, -0.25) is 0 Å². The summed E-state index contributed by atoms with van der Waals surface area (Å²) in [5.41, 5.74) is 1.22. The maximum absolute atomic E-state index is 5.85. The van der Waals surface area contributed by atoms with Crippen LogP contribution >= 0.6 is 11.6 Å². The van der Waals surface area contributed by atoms with Crippen molar-refractivity contribution in [1.82, 2.24) is 15.2 Å². The van der Waals surface area contributed by atoms with Gasteiger partial charge in [0.15, 0.2) is 5.82 Å². The van der Waals surface area contributed by atoms with Crippen LogP contribution in [0.2, 0.25) is 5.02 Å². The third kappa shape index (κ3) is 5.53. The lowest BCUT2D eigenvalue weighted by molar-refractivity contribution is 0.210. The average Bonchev–Trinajstić information content (AvgIpc) is 2.50. The van der Waals surface area contributed by atoms with E-state index in [0.29, 0.717) is 24.9 Å². The first-order valence-corrected chi connectivity index (χ1v) is 7.06. The summed E-state index contributed by atoms with van der Waals surface area (Å²) in [7, 11) is 1.65. The molecule has 0 aliphatic carbocycles. The molecule has 7 heteroatoms. The van der Waals surface area contributed by atoms with Crippen molar-refractivity contribution >= 4 is 23.4 Å². The van der Waals surface area contributed by atoms with Gasteiger partial charge in [-0.05, 0) is 24.1 Å². The van der Waals surface area contributed by atoms with E-state index in [-0.39, 0.29) is 0 Å². The minimum atomic E-state index is 0.489. The molecule has 0 saturated carbocycles. The summed E-state index contributed by atoms with van der Waals surface area (Å²) in [6.07, 6.45) is 2.48. The molecule has 0 saturated heterocycles. The third-order valence-corrected chi connectivity index (χ3v) is 3.03. The third-order valence-electron chi connectivity index (χ3n) is 2.78. The van der Waals surface area contributed by atoms with E-state index in [0.717, 1.165) is 18.0 Å². The van der Waals surface area contributed by atoms with Gasteiger partial charge >= 0.3 is 0 Å². The Labute approximate surface area is 128 Å². The largest absolute Gasteiger partial charge is 0.383 e. The summed E-state index contributed by atoms with van der Waals surface area (Å²) in [4.78, 5) is 4.32. The second kappa shape index (κ2) is 8.39. The molecule has 0 fully saturated rings. The minimum Gasteiger partial charge on any atom is -0.383 e. The summed E-state index contributed by atoms with van der Waals surface area (Å²) in [6.45, 7) is 2.00. The molecule has 0 amide bonds. The first-order valence-electron chi connectivity index (χ1n) is 6.69. The molecule has 0 aliphatic heterocycles. The predicted octanol–water partition coefficient (Wildman–Crippen LogP) is 2.24. The Kier molecular flexibility index (Phi) is 6.18. The van der Waals surface area contributed by atoms with Gasteiger partial charge in [0, 0.05) is 25.2 Å². The maximum Gasteiger partial charge on any atom is 0.244 e. The number of ether oxygens (including phenoxy) is 1. The van der Waals surface area contributed by atoms with E-state index in [4.69, 9.17) is 16.3 Å². The molecule has 112 valence electrons. The molecule has 2 rings (SSSR count). The lowest BCUT2D eigenvalue weighted by Gasteiger charge is -2.07. The van der Waals surface area contributed by atoms with Gasteiger partial charge in [-0.15, -0.1) is 5.10 Å². The van der Waals surface area contributed by atoms with Gasteiger partial charge < -0.3 is 15.4 Å². The fourth-order valence-corrected chi connectivity index (χ4v) is 1.84. The Morgan fingerprint density at radius 3 is 2.71 bits per heavy atom. The number of nitrogens with one attached hydrogen (secondary N) is 2. The van der Waals surface area contributed by atoms with Crippen LogP contribution in [0, 0.1) is 0 Å². The minimum absolute atomic E-state index is 0.489. The van der Waals surface area contributed by atoms with Crippen molar-refractivity contribution in [3.63, 3.8) is 0 Å². The Balaban J connectivity index is 1.79. The molecule has 0 atom stereocenters. The molecule has 0 unspecified atom stereocenters. The average molecular weight is 308 g/mol. The molecule has 1 aromatic carbocycles. The molecular formula is C14H18ClN5O. The van der Waals surface area contributed by atoms with Crippen LogP contribution in [0.15, 0.2) is 30.5 Å². The Morgan fingerprint density at radius 1 is 1.14 bits per heavy atom. The second-order valence-electron chi connectivity index (χ2n) is 4.39. The van der Waals surface area contributed by atoms with Crippen LogP contribution in [0.5, 0.6) is 0 Å². The number of aromatic nitrogens is 3. The number of nitrogens with zero attached hydrogens (tertiary/aromatic N) is 3. The van der Waals surface area contributed by atoms with Crippen molar-refractivity contribution in [1.29, 1.82) is 0 Å². The Morgan fingerprint density at radius 2 is 1.95 bits per heavy atom. The fraction of sp³-hybridized carbons (Fsp3) is 0.357. The van der Waals surface area contributed by atoms with Gasteiger partial charge in [0.2, 0.25) is 5.95 Å². The van der Waals surface area contributed by atoms with Gasteiger partial charge in [0.1, 0.15) is 0 Å². The van der Waals surface area contributed by atoms with Gasteiger partial charge in [0.25, 0.3) is 0 Å². The molecule has 2 N–H and O–H groups in total. The molecular weight excluding hydrogens is 290 g/mol. The number of anilines is 2. The van der Waals surface area contributed by atoms with E-state index in [1.165, 1.54) is 5.56 Å². The number of hydrogen-bond acceptors (Lipinski definition) is 6. The van der Waals surface area contributed by atoms with Crippen molar-refractivity contribution < 1.29 is 4.74 Å². The van der Waals surface area contributed by atoms with E-state index in [1.807, 2.05) is 24.3 Å². The van der Waals surface area contributed by atoms with Crippen molar-refractivity contribution in [3.8, 4) is 0 Å². The highest BCUT2D eigenvalue weighted by molar-refractivity contribution is 6.30. The molecule has 0 spiro atoms. The van der Waals surface area contributed by atoms with E-state index >= 15 is 0 Å². The monoisotopic (exact) mass is 307 g/mol. The topological polar surface area (TPSA) is 72.0 Å². The van der Waals surface area contributed by atoms with Crippen LogP contribution in [-0.4, -0.2) is 42.0 Å². The number of methoxy groups -OCH3 is 1. The zero-order valence-electron chi connectivity index (χ0n) is 11.8. The molecule has 0 radical (unpaired) electrons. The number of hydrogen-bond donors (Lipinski definition) is 2. The molecule has 1 aromatic heterocycles. The Hall–Kier alpha value is -1.92. The molecule has 2 aromatic rings. The highest BCUT2D eigenvalue weighted by Crippen LogP contribution is 2.10. The SMILES string of the molecule is COCCNc1nncc(NCCc2ccc(Cl)cc2)n1. The lowest BCUT2D eigenvalue weighted by Crippen LogP contribution is -2.13. The van der Waals surface area contributed by atoms with Crippen LogP contribution < -0.4 is 10.6 Å². The highest BCUT2D eigenvalue weighted by atomic mass is 35.5. The van der Waals surface area contributed by atoms with Crippen LogP contribution in [0.4, 0.5) is 11.8 Å². The second-order valence-corrected chi connectivity index (χ2v) is 4.82. The van der Waals surface area contributed by atoms with Crippen LogP contribution in [0.25, 0.3) is 0 Å². The normalized spacial score (nSPS) is 10.4. The highest BCUT2D eigenvalue weighted by Gasteiger charge is 2.00. The van der Waals surface area contributed by atoms with Crippen LogP contribution in [-0.2, 0) is 11.2 Å². The van der Waals surface area contributed by atoms with Gasteiger partial charge in [-0.1, -0.05) is 23.7 Å². The summed E-state index contributed by atoms with van der Waals surface area (Å²) in [5.74, 6) is 1.18. The van der Waals surface area contributed by atoms with E-state index < -0.39 is 0 Å². The molecule has 6 nitrogen and oxygen atoms in total. The number of benzene rings is 1. The summed E-state index contributed by atoms with van der Waals surface area (Å²) < 4.78 is 4.95. The van der Waals surface area contributed by atoms with Gasteiger partial charge in [-0.2, -0.15) is 10.1 Å². The molecule has 0 aliphatic rings. The quantitative estimate of drug-likeness (QED) is 0.729. The fourth-order valence-electron chi connectivity index (χ4n) is 1.71. The van der Waals surface area contributed by atoms with Crippen molar-refractivity contribution in [2.24, 2.45) is 0 Å². The first-order chi connectivity index (χ1) is 10.3. The standard InChI is InChI=1S/C14H18ClN5O/c1-21-9-8-17-14-19-13(10-18-20-14)16-7-6-11-2-4-12(15)5-3-11/h2-5,10H,6-9H2,1H3,(H2,16,17,19,20). The van der Waals surface area contributed by atoms with E-state index in [1.54, 1.807) is 13.3 Å². The lowest BCUT2D eigenvalue weighted by atomic mass is 10.1. The smallest absolute Gasteiger partial charge is 0.244 e. The predicted molar refractivity (Wildman–Crippen MR) is 83.8 cm³/mol. The molecule has 0 bridgehead atoms. The van der Waals surface area contributed by atoms with Gasteiger partial charge in [0.05, 0.1) is 12.8 Å². The van der Waals surface area contributed by atoms with E-state index in [9.17, 15) is 0 Å². The number of halogens is 1. The number of rotatable bonds is 8. The van der Waals surface area contributed by atoms with Gasteiger partial charge in [-0.25, -0.2) is 0 Å². The molecule has 21 heavy (non-hydrogen) atoms. The van der Waals surface area contributed by atoms with Crippen LogP contribution in [0.1, 0.15) is 5.56 Å². The zero-order valence-corrected chi connectivity index (χ0v) is 12.6.